The van der Waals surface area contributed by atoms with Crippen LogP contribution in [0.15, 0.2) is 30.7 Å². The first kappa shape index (κ1) is 11.7. The van der Waals surface area contributed by atoms with Gasteiger partial charge in [-0.2, -0.15) is 5.10 Å². The summed E-state index contributed by atoms with van der Waals surface area (Å²) in [7, 11) is 0. The molecule has 3 rings (SSSR count). The molecular weight excluding hydrogens is 240 g/mol. The van der Waals surface area contributed by atoms with Gasteiger partial charge in [0.05, 0.1) is 0 Å². The van der Waals surface area contributed by atoms with E-state index in [0.717, 1.165) is 36.2 Å². The molecule has 19 heavy (non-hydrogen) atoms. The van der Waals surface area contributed by atoms with Gasteiger partial charge in [-0.1, -0.05) is 0 Å². The Morgan fingerprint density at radius 2 is 2.16 bits per heavy atom. The topological polar surface area (TPSA) is 74.5 Å². The van der Waals surface area contributed by atoms with Gasteiger partial charge in [0, 0.05) is 31.7 Å². The molecule has 3 aromatic heterocycles. The van der Waals surface area contributed by atoms with E-state index in [9.17, 15) is 0 Å². The number of nitrogens with zero attached hydrogens (tertiary/aromatic N) is 5. The average molecular weight is 256 g/mol. The van der Waals surface area contributed by atoms with Crippen LogP contribution in [-0.2, 0) is 13.1 Å². The molecule has 3 aromatic rings. The van der Waals surface area contributed by atoms with Gasteiger partial charge in [-0.05, 0) is 31.0 Å². The minimum atomic E-state index is 0.525. The molecule has 6 nitrogen and oxygen atoms in total. The smallest absolute Gasteiger partial charge is 0.202 e. The number of nitrogens with two attached hydrogens (primary N) is 1. The van der Waals surface area contributed by atoms with Crippen molar-refractivity contribution in [2.24, 2.45) is 0 Å². The molecule has 0 saturated carbocycles. The summed E-state index contributed by atoms with van der Waals surface area (Å²) in [6.45, 7) is 3.67. The summed E-state index contributed by atoms with van der Waals surface area (Å²) >= 11 is 0. The lowest BCUT2D eigenvalue weighted by molar-refractivity contribution is 0.534. The van der Waals surface area contributed by atoms with Crippen molar-refractivity contribution in [3.8, 4) is 0 Å². The number of aryl methyl sites for hydroxylation is 3. The lowest BCUT2D eigenvalue weighted by Gasteiger charge is -2.06. The van der Waals surface area contributed by atoms with Crippen LogP contribution < -0.4 is 5.73 Å². The van der Waals surface area contributed by atoms with Gasteiger partial charge in [-0.15, -0.1) is 0 Å². The fourth-order valence-corrected chi connectivity index (χ4v) is 2.20. The largest absolute Gasteiger partial charge is 0.369 e. The lowest BCUT2D eigenvalue weighted by Crippen LogP contribution is -2.07. The van der Waals surface area contributed by atoms with E-state index in [1.807, 2.05) is 34.5 Å². The second-order valence-electron chi connectivity index (χ2n) is 4.54. The van der Waals surface area contributed by atoms with Crippen molar-refractivity contribution in [2.45, 2.75) is 26.4 Å². The third kappa shape index (κ3) is 2.16. The number of pyridine rings is 1. The zero-order chi connectivity index (χ0) is 13.2. The van der Waals surface area contributed by atoms with E-state index in [0.29, 0.717) is 5.95 Å². The Hall–Kier alpha value is -2.37. The standard InChI is InChI=1S/C13H16N6/c1-10-4-6-15-12-11(10)17-13(14)19(12)9-3-8-18-7-2-5-16-18/h2,4-7H,3,8-9H2,1H3,(H2,14,17). The number of fused-ring (bicyclic) bond motifs is 1. The average Bonchev–Trinajstić information content (AvgIpc) is 3.00. The first-order valence-corrected chi connectivity index (χ1v) is 6.30. The zero-order valence-electron chi connectivity index (χ0n) is 10.8. The summed E-state index contributed by atoms with van der Waals surface area (Å²) in [5.41, 5.74) is 8.82. The molecular formula is C13H16N6. The van der Waals surface area contributed by atoms with Crippen LogP contribution in [-0.4, -0.2) is 24.3 Å². The number of aromatic nitrogens is 5. The summed E-state index contributed by atoms with van der Waals surface area (Å²) < 4.78 is 3.87. The summed E-state index contributed by atoms with van der Waals surface area (Å²) in [6, 6.07) is 3.87. The maximum atomic E-state index is 5.97. The molecule has 98 valence electrons. The van der Waals surface area contributed by atoms with Gasteiger partial charge >= 0.3 is 0 Å². The summed E-state index contributed by atoms with van der Waals surface area (Å²) in [5, 5.41) is 4.18. The third-order valence-corrected chi connectivity index (χ3v) is 3.19. The normalized spacial score (nSPS) is 11.2. The summed E-state index contributed by atoms with van der Waals surface area (Å²) in [5.74, 6) is 0.525. The van der Waals surface area contributed by atoms with E-state index in [-0.39, 0.29) is 0 Å². The maximum Gasteiger partial charge on any atom is 0.202 e. The van der Waals surface area contributed by atoms with E-state index in [2.05, 4.69) is 15.1 Å². The monoisotopic (exact) mass is 256 g/mol. The fourth-order valence-electron chi connectivity index (χ4n) is 2.20. The van der Waals surface area contributed by atoms with Crippen molar-refractivity contribution in [2.75, 3.05) is 5.73 Å². The van der Waals surface area contributed by atoms with Gasteiger partial charge in [-0.3, -0.25) is 9.25 Å². The maximum absolute atomic E-state index is 5.97. The molecule has 6 heteroatoms. The highest BCUT2D eigenvalue weighted by Gasteiger charge is 2.10. The molecule has 3 heterocycles. The molecule has 0 fully saturated rings. The Balaban J connectivity index is 1.81. The van der Waals surface area contributed by atoms with Gasteiger partial charge in [0.15, 0.2) is 5.65 Å². The Labute approximate surface area is 110 Å². The summed E-state index contributed by atoms with van der Waals surface area (Å²) in [4.78, 5) is 8.76. The highest BCUT2D eigenvalue weighted by molar-refractivity contribution is 5.77. The molecule has 0 aliphatic rings. The summed E-state index contributed by atoms with van der Waals surface area (Å²) in [6.07, 6.45) is 6.47. The zero-order valence-corrected chi connectivity index (χ0v) is 10.8. The highest BCUT2D eigenvalue weighted by atomic mass is 15.3. The van der Waals surface area contributed by atoms with Crippen molar-refractivity contribution in [1.82, 2.24) is 24.3 Å². The predicted octanol–water partition coefficient (Wildman–Crippen LogP) is 1.61. The van der Waals surface area contributed by atoms with E-state index >= 15 is 0 Å². The van der Waals surface area contributed by atoms with Crippen LogP contribution >= 0.6 is 0 Å². The quantitative estimate of drug-likeness (QED) is 0.769. The Morgan fingerprint density at radius 1 is 1.26 bits per heavy atom. The van der Waals surface area contributed by atoms with Crippen molar-refractivity contribution >= 4 is 17.1 Å². The van der Waals surface area contributed by atoms with Gasteiger partial charge in [0.25, 0.3) is 0 Å². The minimum absolute atomic E-state index is 0.525. The minimum Gasteiger partial charge on any atom is -0.369 e. The molecule has 0 saturated heterocycles. The fraction of sp³-hybridized carbons (Fsp3) is 0.308. The van der Waals surface area contributed by atoms with Crippen LogP contribution in [0.3, 0.4) is 0 Å². The number of imidazole rings is 1. The molecule has 0 aliphatic heterocycles. The van der Waals surface area contributed by atoms with Crippen LogP contribution in [0.2, 0.25) is 0 Å². The molecule has 0 amide bonds. The van der Waals surface area contributed by atoms with E-state index in [1.165, 1.54) is 0 Å². The molecule has 0 aromatic carbocycles. The van der Waals surface area contributed by atoms with E-state index < -0.39 is 0 Å². The van der Waals surface area contributed by atoms with Gasteiger partial charge in [0.2, 0.25) is 5.95 Å². The molecule has 0 spiro atoms. The van der Waals surface area contributed by atoms with Gasteiger partial charge < -0.3 is 5.73 Å². The second kappa shape index (κ2) is 4.72. The molecule has 0 aliphatic carbocycles. The molecule has 0 bridgehead atoms. The first-order chi connectivity index (χ1) is 9.25. The van der Waals surface area contributed by atoms with Crippen LogP contribution in [0.5, 0.6) is 0 Å². The number of rotatable bonds is 4. The van der Waals surface area contributed by atoms with Crippen molar-refractivity contribution in [1.29, 1.82) is 0 Å². The molecule has 0 radical (unpaired) electrons. The molecule has 0 unspecified atom stereocenters. The number of hydrogen-bond acceptors (Lipinski definition) is 4. The van der Waals surface area contributed by atoms with Gasteiger partial charge in [-0.25, -0.2) is 9.97 Å². The Kier molecular flexibility index (Phi) is 2.91. The second-order valence-corrected chi connectivity index (χ2v) is 4.54. The van der Waals surface area contributed by atoms with Crippen molar-refractivity contribution < 1.29 is 0 Å². The molecule has 2 N–H and O–H groups in total. The number of anilines is 1. The predicted molar refractivity (Wildman–Crippen MR) is 73.5 cm³/mol. The van der Waals surface area contributed by atoms with Crippen LogP contribution in [0.4, 0.5) is 5.95 Å². The third-order valence-electron chi connectivity index (χ3n) is 3.19. The Morgan fingerprint density at radius 3 is 2.95 bits per heavy atom. The number of hydrogen-bond donors (Lipinski definition) is 1. The van der Waals surface area contributed by atoms with Crippen LogP contribution in [0.25, 0.3) is 11.2 Å². The van der Waals surface area contributed by atoms with Gasteiger partial charge in [0.1, 0.15) is 5.52 Å². The van der Waals surface area contributed by atoms with Crippen LogP contribution in [0, 0.1) is 6.92 Å². The first-order valence-electron chi connectivity index (χ1n) is 6.30. The van der Waals surface area contributed by atoms with Crippen molar-refractivity contribution in [3.63, 3.8) is 0 Å². The molecule has 0 atom stereocenters. The van der Waals surface area contributed by atoms with Crippen LogP contribution in [0.1, 0.15) is 12.0 Å². The van der Waals surface area contributed by atoms with E-state index in [1.54, 1.807) is 12.4 Å². The van der Waals surface area contributed by atoms with E-state index in [4.69, 9.17) is 5.73 Å². The Bertz CT molecular complexity index is 683. The SMILES string of the molecule is Cc1ccnc2c1nc(N)n2CCCn1cccn1. The lowest BCUT2D eigenvalue weighted by atomic mass is 10.3. The number of nitrogen functional groups attached to an aromatic ring is 1. The highest BCUT2D eigenvalue weighted by Crippen LogP contribution is 2.18. The van der Waals surface area contributed by atoms with Crippen molar-refractivity contribution in [3.05, 3.63) is 36.3 Å².